The highest BCUT2D eigenvalue weighted by molar-refractivity contribution is 5.86. The Morgan fingerprint density at radius 1 is 1.33 bits per heavy atom. The monoisotopic (exact) mass is 253 g/mol. The van der Waals surface area contributed by atoms with Crippen LogP contribution in [0.15, 0.2) is 18.2 Å². The van der Waals surface area contributed by atoms with Crippen molar-refractivity contribution in [1.82, 2.24) is 0 Å². The maximum Gasteiger partial charge on any atom is 0.411 e. The number of carbonyl (C=O) groups excluding carboxylic acids is 1. The van der Waals surface area contributed by atoms with Crippen LogP contribution < -0.4 is 10.1 Å². The van der Waals surface area contributed by atoms with Crippen LogP contribution in [0.3, 0.4) is 0 Å². The van der Waals surface area contributed by atoms with E-state index in [0.29, 0.717) is 31.3 Å². The van der Waals surface area contributed by atoms with Gasteiger partial charge >= 0.3 is 6.09 Å². The van der Waals surface area contributed by atoms with Crippen molar-refractivity contribution >= 4 is 11.8 Å². The summed E-state index contributed by atoms with van der Waals surface area (Å²) in [5.41, 5.74) is 1.65. The zero-order valence-electron chi connectivity index (χ0n) is 11.0. The number of methoxy groups -OCH3 is 1. The fourth-order valence-corrected chi connectivity index (χ4v) is 1.36. The predicted molar refractivity (Wildman–Crippen MR) is 69.2 cm³/mol. The lowest BCUT2D eigenvalue weighted by molar-refractivity contribution is 0.146. The quantitative estimate of drug-likeness (QED) is 0.792. The van der Waals surface area contributed by atoms with E-state index in [1.807, 2.05) is 19.1 Å². The zero-order chi connectivity index (χ0) is 13.4. The van der Waals surface area contributed by atoms with E-state index in [2.05, 4.69) is 5.32 Å². The fourth-order valence-electron chi connectivity index (χ4n) is 1.36. The molecule has 1 aromatic carbocycles. The SMILES string of the molecule is CCOC(=O)Nc1ccc(C)cc1OCCOC. The molecule has 0 aliphatic rings. The molecule has 18 heavy (non-hydrogen) atoms. The molecule has 0 radical (unpaired) electrons. The van der Waals surface area contributed by atoms with Gasteiger partial charge in [0.2, 0.25) is 0 Å². The average Bonchev–Trinajstić information content (AvgIpc) is 2.33. The molecule has 0 atom stereocenters. The Bertz CT molecular complexity index is 393. The van der Waals surface area contributed by atoms with Gasteiger partial charge in [0.15, 0.2) is 0 Å². The molecule has 100 valence electrons. The van der Waals surface area contributed by atoms with Crippen molar-refractivity contribution in [3.05, 3.63) is 23.8 Å². The van der Waals surface area contributed by atoms with Crippen LogP contribution in [0.2, 0.25) is 0 Å². The summed E-state index contributed by atoms with van der Waals surface area (Å²) in [6.45, 7) is 4.96. The number of hydrogen-bond donors (Lipinski definition) is 1. The molecular formula is C13H19NO4. The highest BCUT2D eigenvalue weighted by Gasteiger charge is 2.08. The summed E-state index contributed by atoms with van der Waals surface area (Å²) < 4.78 is 15.3. The maximum absolute atomic E-state index is 11.4. The molecule has 0 saturated carbocycles. The number of rotatable bonds is 6. The van der Waals surface area contributed by atoms with Crippen LogP contribution in [0.1, 0.15) is 12.5 Å². The van der Waals surface area contributed by atoms with Gasteiger partial charge in [0.05, 0.1) is 18.9 Å². The van der Waals surface area contributed by atoms with Gasteiger partial charge in [-0.25, -0.2) is 4.79 Å². The van der Waals surface area contributed by atoms with E-state index in [0.717, 1.165) is 5.56 Å². The molecule has 5 heteroatoms. The summed E-state index contributed by atoms with van der Waals surface area (Å²) in [6, 6.07) is 5.54. The lowest BCUT2D eigenvalue weighted by Crippen LogP contribution is -2.15. The van der Waals surface area contributed by atoms with Crippen LogP contribution in [0, 0.1) is 6.92 Å². The standard InChI is InChI=1S/C13H19NO4/c1-4-17-13(15)14-11-6-5-10(2)9-12(11)18-8-7-16-3/h5-6,9H,4,7-8H2,1-3H3,(H,14,15). The molecule has 0 bridgehead atoms. The molecule has 0 unspecified atom stereocenters. The van der Waals surface area contributed by atoms with Gasteiger partial charge in [-0.15, -0.1) is 0 Å². The van der Waals surface area contributed by atoms with Gasteiger partial charge in [-0.2, -0.15) is 0 Å². The molecule has 1 amide bonds. The number of hydrogen-bond acceptors (Lipinski definition) is 4. The van der Waals surface area contributed by atoms with E-state index in [-0.39, 0.29) is 0 Å². The van der Waals surface area contributed by atoms with Crippen LogP contribution in [0.4, 0.5) is 10.5 Å². The Labute approximate surface area is 107 Å². The van der Waals surface area contributed by atoms with Gasteiger partial charge in [0.25, 0.3) is 0 Å². The second-order valence-electron chi connectivity index (χ2n) is 3.69. The third-order valence-corrected chi connectivity index (χ3v) is 2.19. The molecule has 1 aromatic rings. The first-order valence-electron chi connectivity index (χ1n) is 5.83. The molecule has 0 saturated heterocycles. The van der Waals surface area contributed by atoms with Gasteiger partial charge < -0.3 is 14.2 Å². The predicted octanol–water partition coefficient (Wildman–Crippen LogP) is 2.59. The first kappa shape index (κ1) is 14.3. The second kappa shape index (κ2) is 7.55. The number of carbonyl (C=O) groups is 1. The Morgan fingerprint density at radius 2 is 2.11 bits per heavy atom. The highest BCUT2D eigenvalue weighted by atomic mass is 16.5. The minimum absolute atomic E-state index is 0.331. The van der Waals surface area contributed by atoms with Crippen molar-refractivity contribution in [1.29, 1.82) is 0 Å². The van der Waals surface area contributed by atoms with Gasteiger partial charge in [-0.05, 0) is 31.5 Å². The number of ether oxygens (including phenoxy) is 3. The van der Waals surface area contributed by atoms with E-state index in [1.54, 1.807) is 20.1 Å². The third-order valence-electron chi connectivity index (χ3n) is 2.19. The molecule has 0 fully saturated rings. The lowest BCUT2D eigenvalue weighted by Gasteiger charge is -2.13. The largest absolute Gasteiger partial charge is 0.489 e. The summed E-state index contributed by atoms with van der Waals surface area (Å²) in [5, 5.41) is 2.64. The van der Waals surface area contributed by atoms with Crippen LogP contribution >= 0.6 is 0 Å². The van der Waals surface area contributed by atoms with E-state index in [9.17, 15) is 4.79 Å². The number of aryl methyl sites for hydroxylation is 1. The smallest absolute Gasteiger partial charge is 0.411 e. The van der Waals surface area contributed by atoms with Gasteiger partial charge in [0.1, 0.15) is 12.4 Å². The lowest BCUT2D eigenvalue weighted by atomic mass is 10.2. The van der Waals surface area contributed by atoms with Gasteiger partial charge in [0, 0.05) is 7.11 Å². The number of amides is 1. The Morgan fingerprint density at radius 3 is 2.78 bits per heavy atom. The zero-order valence-corrected chi connectivity index (χ0v) is 11.0. The van der Waals surface area contributed by atoms with Crippen LogP contribution in [0.5, 0.6) is 5.75 Å². The molecule has 0 heterocycles. The molecule has 1 N–H and O–H groups in total. The molecule has 0 spiro atoms. The molecule has 5 nitrogen and oxygen atoms in total. The first-order valence-corrected chi connectivity index (χ1v) is 5.83. The Kier molecular flexibility index (Phi) is 6.00. The van der Waals surface area contributed by atoms with Crippen molar-refractivity contribution in [2.75, 3.05) is 32.2 Å². The van der Waals surface area contributed by atoms with E-state index >= 15 is 0 Å². The minimum atomic E-state index is -0.488. The van der Waals surface area contributed by atoms with Crippen molar-refractivity contribution in [2.45, 2.75) is 13.8 Å². The number of anilines is 1. The summed E-state index contributed by atoms with van der Waals surface area (Å²) in [5.74, 6) is 0.611. The number of nitrogens with one attached hydrogen (secondary N) is 1. The highest BCUT2D eigenvalue weighted by Crippen LogP contribution is 2.25. The van der Waals surface area contributed by atoms with E-state index in [4.69, 9.17) is 14.2 Å². The second-order valence-corrected chi connectivity index (χ2v) is 3.69. The minimum Gasteiger partial charge on any atom is -0.489 e. The first-order chi connectivity index (χ1) is 8.67. The van der Waals surface area contributed by atoms with Crippen LogP contribution in [0.25, 0.3) is 0 Å². The van der Waals surface area contributed by atoms with Crippen LogP contribution in [-0.2, 0) is 9.47 Å². The molecule has 0 aliphatic heterocycles. The van der Waals surface area contributed by atoms with E-state index in [1.165, 1.54) is 0 Å². The van der Waals surface area contributed by atoms with Crippen molar-refractivity contribution < 1.29 is 19.0 Å². The normalized spacial score (nSPS) is 9.94. The van der Waals surface area contributed by atoms with Crippen LogP contribution in [-0.4, -0.2) is 33.0 Å². The van der Waals surface area contributed by atoms with E-state index < -0.39 is 6.09 Å². The molecule has 0 aliphatic carbocycles. The van der Waals surface area contributed by atoms with Crippen molar-refractivity contribution in [3.8, 4) is 5.75 Å². The van der Waals surface area contributed by atoms with Crippen molar-refractivity contribution in [3.63, 3.8) is 0 Å². The van der Waals surface area contributed by atoms with Gasteiger partial charge in [-0.3, -0.25) is 5.32 Å². The molecular weight excluding hydrogens is 234 g/mol. The summed E-state index contributed by atoms with van der Waals surface area (Å²) in [7, 11) is 1.61. The maximum atomic E-state index is 11.4. The van der Waals surface area contributed by atoms with Gasteiger partial charge in [-0.1, -0.05) is 6.07 Å². The number of benzene rings is 1. The fraction of sp³-hybridized carbons (Fsp3) is 0.462. The summed E-state index contributed by atoms with van der Waals surface area (Å²) >= 11 is 0. The Hall–Kier alpha value is -1.75. The molecule has 0 aromatic heterocycles. The molecule has 1 rings (SSSR count). The summed E-state index contributed by atoms with van der Waals surface area (Å²) in [6.07, 6.45) is -0.488. The average molecular weight is 253 g/mol. The summed E-state index contributed by atoms with van der Waals surface area (Å²) in [4.78, 5) is 11.4. The Balaban J connectivity index is 2.72. The van der Waals surface area contributed by atoms with Crippen molar-refractivity contribution in [2.24, 2.45) is 0 Å². The topological polar surface area (TPSA) is 56.8 Å². The third kappa shape index (κ3) is 4.63.